The van der Waals surface area contributed by atoms with Crippen molar-refractivity contribution in [3.05, 3.63) is 46.5 Å². The van der Waals surface area contributed by atoms with E-state index in [9.17, 15) is 5.11 Å². The molecule has 1 aromatic rings. The predicted octanol–water partition coefficient (Wildman–Crippen LogP) is 3.61. The number of rotatable bonds is 5. The second-order valence-corrected chi connectivity index (χ2v) is 5.44. The van der Waals surface area contributed by atoms with Crippen molar-refractivity contribution in [2.45, 2.75) is 45.7 Å². The third-order valence-electron chi connectivity index (χ3n) is 3.62. The van der Waals surface area contributed by atoms with Gasteiger partial charge in [0, 0.05) is 11.8 Å². The van der Waals surface area contributed by atoms with Crippen LogP contribution in [0.3, 0.4) is 0 Å². The van der Waals surface area contributed by atoms with Gasteiger partial charge in [0.2, 0.25) is 0 Å². The van der Waals surface area contributed by atoms with Crippen LogP contribution in [-0.4, -0.2) is 17.5 Å². The minimum absolute atomic E-state index is 0.348. The van der Waals surface area contributed by atoms with Crippen molar-refractivity contribution in [1.29, 1.82) is 0 Å². The first-order valence-corrected chi connectivity index (χ1v) is 7.67. The maximum atomic E-state index is 10.5. The first kappa shape index (κ1) is 15.5. The summed E-state index contributed by atoms with van der Waals surface area (Å²) in [5.74, 6) is 0.374. The number of benzene rings is 1. The summed E-state index contributed by atoms with van der Waals surface area (Å²) in [7, 11) is 0. The van der Waals surface area contributed by atoms with Crippen molar-refractivity contribution in [3.8, 4) is 5.75 Å². The van der Waals surface area contributed by atoms with E-state index in [-0.39, 0.29) is 6.17 Å². The summed E-state index contributed by atoms with van der Waals surface area (Å²) in [6.07, 6.45) is 11.1. The fraction of sp³-hybridized carbons (Fsp3) is 0.389. The molecule has 1 heterocycles. The Morgan fingerprint density at radius 1 is 1.24 bits per heavy atom. The molecule has 1 aliphatic heterocycles. The number of phenolic OH excluding ortho intramolecular Hbond substituents is 1. The number of aliphatic imine (C=N–C) groups is 1. The molecule has 0 amide bonds. The zero-order valence-electron chi connectivity index (χ0n) is 12.8. The molecule has 112 valence electrons. The zero-order chi connectivity index (χ0) is 15.2. The average molecular weight is 284 g/mol. The molecular weight excluding hydrogens is 260 g/mol. The molecular formula is C18H24N2O. The second kappa shape index (κ2) is 7.23. The van der Waals surface area contributed by atoms with E-state index in [4.69, 9.17) is 5.73 Å². The molecule has 0 bridgehead atoms. The van der Waals surface area contributed by atoms with Crippen LogP contribution < -0.4 is 5.73 Å². The second-order valence-electron chi connectivity index (χ2n) is 5.44. The van der Waals surface area contributed by atoms with Crippen LogP contribution >= 0.6 is 0 Å². The standard InChI is InChI=1S/C18H24N2O/c1-3-6-13-10-14(7-4-2)17(21)16(11-13)12-15-8-5-9-20-18(15)19/h5,8-12,18,21H,3-4,6-7,19H2,1-2H3. The summed E-state index contributed by atoms with van der Waals surface area (Å²) in [6.45, 7) is 4.29. The summed E-state index contributed by atoms with van der Waals surface area (Å²) >= 11 is 0. The lowest BCUT2D eigenvalue weighted by atomic mass is 9.96. The molecule has 1 unspecified atom stereocenters. The molecule has 0 aliphatic carbocycles. The maximum absolute atomic E-state index is 10.5. The normalized spacial score (nSPS) is 19.4. The third kappa shape index (κ3) is 3.82. The number of aryl methyl sites for hydroxylation is 2. The van der Waals surface area contributed by atoms with E-state index in [2.05, 4.69) is 31.0 Å². The van der Waals surface area contributed by atoms with Crippen LogP contribution in [-0.2, 0) is 12.8 Å². The summed E-state index contributed by atoms with van der Waals surface area (Å²) in [4.78, 5) is 4.17. The van der Waals surface area contributed by atoms with Crippen molar-refractivity contribution in [2.24, 2.45) is 10.7 Å². The van der Waals surface area contributed by atoms with Gasteiger partial charge in [0.25, 0.3) is 0 Å². The quantitative estimate of drug-likeness (QED) is 0.867. The summed E-state index contributed by atoms with van der Waals surface area (Å²) in [6, 6.07) is 4.18. The van der Waals surface area contributed by atoms with Crippen molar-refractivity contribution in [1.82, 2.24) is 0 Å². The molecule has 0 saturated carbocycles. The molecule has 2 rings (SSSR count). The van der Waals surface area contributed by atoms with Gasteiger partial charge in [-0.25, -0.2) is 0 Å². The highest BCUT2D eigenvalue weighted by Gasteiger charge is 2.11. The van der Waals surface area contributed by atoms with Crippen molar-refractivity contribution >= 4 is 12.3 Å². The van der Waals surface area contributed by atoms with E-state index >= 15 is 0 Å². The minimum atomic E-state index is -0.348. The molecule has 1 atom stereocenters. The van der Waals surface area contributed by atoms with Crippen LogP contribution in [0.1, 0.15) is 43.4 Å². The Bertz CT molecular complexity index is 585. The maximum Gasteiger partial charge on any atom is 0.126 e. The van der Waals surface area contributed by atoms with E-state index in [0.29, 0.717) is 5.75 Å². The largest absolute Gasteiger partial charge is 0.507 e. The van der Waals surface area contributed by atoms with E-state index in [1.54, 1.807) is 6.21 Å². The van der Waals surface area contributed by atoms with E-state index in [0.717, 1.165) is 42.4 Å². The highest BCUT2D eigenvalue weighted by atomic mass is 16.3. The molecule has 1 aliphatic rings. The minimum Gasteiger partial charge on any atom is -0.507 e. The SMILES string of the molecule is CCCc1cc(C=C2C=CC=NC2N)c(O)c(CCC)c1. The number of phenols is 1. The third-order valence-corrected chi connectivity index (χ3v) is 3.62. The van der Waals surface area contributed by atoms with E-state index in [1.807, 2.05) is 18.2 Å². The highest BCUT2D eigenvalue weighted by Crippen LogP contribution is 2.29. The fourth-order valence-electron chi connectivity index (χ4n) is 2.58. The summed E-state index contributed by atoms with van der Waals surface area (Å²) in [5, 5.41) is 10.5. The topological polar surface area (TPSA) is 58.6 Å². The number of aromatic hydroxyl groups is 1. The monoisotopic (exact) mass is 284 g/mol. The Morgan fingerprint density at radius 3 is 2.67 bits per heavy atom. The van der Waals surface area contributed by atoms with Gasteiger partial charge in [0.1, 0.15) is 11.9 Å². The Morgan fingerprint density at radius 2 is 2.00 bits per heavy atom. The van der Waals surface area contributed by atoms with Crippen LogP contribution in [0.2, 0.25) is 0 Å². The van der Waals surface area contributed by atoms with Crippen LogP contribution in [0.4, 0.5) is 0 Å². The Balaban J connectivity index is 2.43. The number of allylic oxidation sites excluding steroid dienone is 1. The molecule has 3 N–H and O–H groups in total. The van der Waals surface area contributed by atoms with Gasteiger partial charge in [-0.05, 0) is 47.8 Å². The first-order valence-electron chi connectivity index (χ1n) is 7.67. The summed E-state index contributed by atoms with van der Waals surface area (Å²) in [5.41, 5.74) is 10.0. The average Bonchev–Trinajstić information content (AvgIpc) is 2.46. The van der Waals surface area contributed by atoms with Gasteiger partial charge in [-0.1, -0.05) is 38.8 Å². The van der Waals surface area contributed by atoms with Gasteiger partial charge in [0.15, 0.2) is 0 Å². The Kier molecular flexibility index (Phi) is 5.34. The molecule has 3 nitrogen and oxygen atoms in total. The highest BCUT2D eigenvalue weighted by molar-refractivity contribution is 5.77. The number of nitrogens with two attached hydrogens (primary N) is 1. The Hall–Kier alpha value is -1.87. The molecule has 0 fully saturated rings. The molecule has 0 radical (unpaired) electrons. The molecule has 0 spiro atoms. The van der Waals surface area contributed by atoms with Gasteiger partial charge >= 0.3 is 0 Å². The van der Waals surface area contributed by atoms with Crippen molar-refractivity contribution in [3.63, 3.8) is 0 Å². The molecule has 0 saturated heterocycles. The smallest absolute Gasteiger partial charge is 0.126 e. The van der Waals surface area contributed by atoms with Gasteiger partial charge in [-0.15, -0.1) is 0 Å². The lowest BCUT2D eigenvalue weighted by Gasteiger charge is -2.14. The Labute approximate surface area is 126 Å². The van der Waals surface area contributed by atoms with Crippen LogP contribution in [0.25, 0.3) is 6.08 Å². The fourth-order valence-corrected chi connectivity index (χ4v) is 2.58. The zero-order valence-corrected chi connectivity index (χ0v) is 12.8. The van der Waals surface area contributed by atoms with Gasteiger partial charge < -0.3 is 10.8 Å². The molecule has 1 aromatic carbocycles. The van der Waals surface area contributed by atoms with Gasteiger partial charge in [-0.3, -0.25) is 4.99 Å². The number of hydrogen-bond acceptors (Lipinski definition) is 3. The van der Waals surface area contributed by atoms with Crippen LogP contribution in [0.15, 0.2) is 34.9 Å². The summed E-state index contributed by atoms with van der Waals surface area (Å²) < 4.78 is 0. The van der Waals surface area contributed by atoms with Crippen LogP contribution in [0, 0.1) is 0 Å². The number of dihydropyridines is 1. The first-order chi connectivity index (χ1) is 10.2. The van der Waals surface area contributed by atoms with E-state index < -0.39 is 0 Å². The number of nitrogens with zero attached hydrogens (tertiary/aromatic N) is 1. The van der Waals surface area contributed by atoms with Crippen molar-refractivity contribution < 1.29 is 5.11 Å². The predicted molar refractivity (Wildman–Crippen MR) is 89.7 cm³/mol. The number of hydrogen-bond donors (Lipinski definition) is 2. The van der Waals surface area contributed by atoms with Crippen LogP contribution in [0.5, 0.6) is 5.75 Å². The van der Waals surface area contributed by atoms with Crippen molar-refractivity contribution in [2.75, 3.05) is 0 Å². The van der Waals surface area contributed by atoms with Gasteiger partial charge in [-0.2, -0.15) is 0 Å². The van der Waals surface area contributed by atoms with Gasteiger partial charge in [0.05, 0.1) is 0 Å². The van der Waals surface area contributed by atoms with E-state index in [1.165, 1.54) is 5.56 Å². The molecule has 21 heavy (non-hydrogen) atoms. The lowest BCUT2D eigenvalue weighted by molar-refractivity contribution is 0.466. The molecule has 3 heteroatoms. The lowest BCUT2D eigenvalue weighted by Crippen LogP contribution is -2.20. The molecule has 0 aromatic heterocycles.